The number of anilines is 2. The molecule has 4 nitrogen and oxygen atoms in total. The summed E-state index contributed by atoms with van der Waals surface area (Å²) in [6.45, 7) is 5.98. The first-order valence-electron chi connectivity index (χ1n) is 7.33. The lowest BCUT2D eigenvalue weighted by Gasteiger charge is -2.17. The zero-order valence-electron chi connectivity index (χ0n) is 13.7. The van der Waals surface area contributed by atoms with Crippen LogP contribution in [0.4, 0.5) is 11.4 Å². The second-order valence-electron chi connectivity index (χ2n) is 5.41. The van der Waals surface area contributed by atoms with Crippen LogP contribution in [0.25, 0.3) is 0 Å². The monoisotopic (exact) mass is 378 g/mol. The van der Waals surface area contributed by atoms with Crippen molar-refractivity contribution in [1.82, 2.24) is 10.9 Å². The van der Waals surface area contributed by atoms with E-state index in [1.165, 1.54) is 0 Å². The Balaban J connectivity index is 1.90. The van der Waals surface area contributed by atoms with Gasteiger partial charge in [-0.2, -0.15) is 0 Å². The van der Waals surface area contributed by atoms with Crippen LogP contribution >= 0.6 is 36.0 Å². The lowest BCUT2D eigenvalue weighted by atomic mass is 10.1. The molecule has 126 valence electrons. The highest BCUT2D eigenvalue weighted by Crippen LogP contribution is 2.27. The van der Waals surface area contributed by atoms with Gasteiger partial charge in [0.05, 0.1) is 10.7 Å². The minimum Gasteiger partial charge on any atom is -0.331 e. The van der Waals surface area contributed by atoms with Gasteiger partial charge in [0.25, 0.3) is 0 Å². The fourth-order valence-electron chi connectivity index (χ4n) is 2.20. The summed E-state index contributed by atoms with van der Waals surface area (Å²) in [6.07, 6.45) is 0. The number of halogens is 1. The van der Waals surface area contributed by atoms with Gasteiger partial charge in [-0.1, -0.05) is 35.9 Å². The van der Waals surface area contributed by atoms with Gasteiger partial charge in [-0.05, 0) is 74.0 Å². The number of rotatable bonds is 2. The van der Waals surface area contributed by atoms with E-state index in [9.17, 15) is 0 Å². The van der Waals surface area contributed by atoms with E-state index in [1.807, 2.05) is 57.2 Å². The SMILES string of the molecule is Cc1cc(C)c(NC(=S)NNC(=S)Nc2ccccc2C)c(Cl)c1. The van der Waals surface area contributed by atoms with Gasteiger partial charge in [-0.3, -0.25) is 10.9 Å². The number of aryl methyl sites for hydroxylation is 3. The lowest BCUT2D eigenvalue weighted by Crippen LogP contribution is -2.45. The van der Waals surface area contributed by atoms with E-state index in [1.54, 1.807) is 0 Å². The van der Waals surface area contributed by atoms with Crippen molar-refractivity contribution in [3.8, 4) is 0 Å². The van der Waals surface area contributed by atoms with Crippen LogP contribution in [0.3, 0.4) is 0 Å². The van der Waals surface area contributed by atoms with Crippen molar-refractivity contribution in [2.75, 3.05) is 10.6 Å². The molecule has 0 atom stereocenters. The first kappa shape index (κ1) is 18.4. The maximum absolute atomic E-state index is 6.26. The molecule has 0 amide bonds. The van der Waals surface area contributed by atoms with Crippen molar-refractivity contribution < 1.29 is 0 Å². The molecule has 7 heteroatoms. The minimum absolute atomic E-state index is 0.373. The van der Waals surface area contributed by atoms with Crippen molar-refractivity contribution in [3.05, 3.63) is 58.1 Å². The van der Waals surface area contributed by atoms with Crippen LogP contribution in [-0.4, -0.2) is 10.2 Å². The number of nitrogens with one attached hydrogen (secondary N) is 4. The third-order valence-corrected chi connectivity index (χ3v) is 4.06. The van der Waals surface area contributed by atoms with E-state index < -0.39 is 0 Å². The van der Waals surface area contributed by atoms with Gasteiger partial charge < -0.3 is 10.6 Å². The average molecular weight is 379 g/mol. The Labute approximate surface area is 158 Å². The van der Waals surface area contributed by atoms with Gasteiger partial charge >= 0.3 is 0 Å². The summed E-state index contributed by atoms with van der Waals surface area (Å²) in [5.74, 6) is 0. The first-order valence-corrected chi connectivity index (χ1v) is 8.52. The predicted molar refractivity (Wildman–Crippen MR) is 111 cm³/mol. The summed E-state index contributed by atoms with van der Waals surface area (Å²) < 4.78 is 0. The number of hydrogen-bond donors (Lipinski definition) is 4. The molecule has 0 spiro atoms. The largest absolute Gasteiger partial charge is 0.331 e. The molecule has 0 aliphatic carbocycles. The molecule has 0 saturated heterocycles. The maximum atomic E-state index is 6.26. The van der Waals surface area contributed by atoms with E-state index >= 15 is 0 Å². The second-order valence-corrected chi connectivity index (χ2v) is 6.64. The first-order chi connectivity index (χ1) is 11.4. The summed E-state index contributed by atoms with van der Waals surface area (Å²) in [5, 5.41) is 7.59. The van der Waals surface area contributed by atoms with Gasteiger partial charge in [-0.15, -0.1) is 0 Å². The quantitative estimate of drug-likeness (QED) is 0.457. The summed E-state index contributed by atoms with van der Waals surface area (Å²) in [5.41, 5.74) is 10.6. The predicted octanol–water partition coefficient (Wildman–Crippen LogP) is 4.45. The number of thiocarbonyl (C=S) groups is 2. The summed E-state index contributed by atoms with van der Waals surface area (Å²) in [6, 6.07) is 11.8. The minimum atomic E-state index is 0.373. The summed E-state index contributed by atoms with van der Waals surface area (Å²) in [4.78, 5) is 0. The van der Waals surface area contributed by atoms with Crippen molar-refractivity contribution in [2.45, 2.75) is 20.8 Å². The molecule has 2 aromatic rings. The van der Waals surface area contributed by atoms with Gasteiger partial charge in [0.15, 0.2) is 10.2 Å². The van der Waals surface area contributed by atoms with E-state index in [2.05, 4.69) is 21.5 Å². The van der Waals surface area contributed by atoms with Crippen molar-refractivity contribution in [2.24, 2.45) is 0 Å². The normalized spacial score (nSPS) is 10.0. The maximum Gasteiger partial charge on any atom is 0.189 e. The molecule has 0 aromatic heterocycles. The summed E-state index contributed by atoms with van der Waals surface area (Å²) in [7, 11) is 0. The van der Waals surface area contributed by atoms with Crippen LogP contribution in [0.1, 0.15) is 16.7 Å². The summed E-state index contributed by atoms with van der Waals surface area (Å²) >= 11 is 16.8. The van der Waals surface area contributed by atoms with Crippen LogP contribution in [0.2, 0.25) is 5.02 Å². The van der Waals surface area contributed by atoms with Crippen LogP contribution in [0.5, 0.6) is 0 Å². The Morgan fingerprint density at radius 1 is 0.875 bits per heavy atom. The van der Waals surface area contributed by atoms with Crippen molar-refractivity contribution >= 4 is 57.6 Å². The molecule has 0 aliphatic heterocycles. The fraction of sp³-hybridized carbons (Fsp3) is 0.176. The van der Waals surface area contributed by atoms with Crippen molar-refractivity contribution in [3.63, 3.8) is 0 Å². The topological polar surface area (TPSA) is 48.1 Å². The molecule has 0 heterocycles. The van der Waals surface area contributed by atoms with Crippen LogP contribution < -0.4 is 21.5 Å². The highest BCUT2D eigenvalue weighted by Gasteiger charge is 2.07. The van der Waals surface area contributed by atoms with E-state index in [0.717, 1.165) is 28.1 Å². The van der Waals surface area contributed by atoms with Crippen molar-refractivity contribution in [1.29, 1.82) is 0 Å². The smallest absolute Gasteiger partial charge is 0.189 e. The zero-order valence-corrected chi connectivity index (χ0v) is 16.0. The number of benzene rings is 2. The molecule has 0 unspecified atom stereocenters. The Bertz CT molecular complexity index is 754. The van der Waals surface area contributed by atoms with E-state index in [0.29, 0.717) is 15.2 Å². The zero-order chi connectivity index (χ0) is 17.7. The lowest BCUT2D eigenvalue weighted by molar-refractivity contribution is 0.885. The van der Waals surface area contributed by atoms with Gasteiger partial charge in [-0.25, -0.2) is 0 Å². The number of para-hydroxylation sites is 1. The Morgan fingerprint density at radius 2 is 1.50 bits per heavy atom. The molecular weight excluding hydrogens is 360 g/mol. The third-order valence-electron chi connectivity index (χ3n) is 3.35. The molecule has 0 aliphatic rings. The fourth-order valence-corrected chi connectivity index (χ4v) is 2.88. The molecule has 0 saturated carbocycles. The number of hydrazine groups is 1. The van der Waals surface area contributed by atoms with Crippen LogP contribution in [0, 0.1) is 20.8 Å². The molecular formula is C17H19ClN4S2. The van der Waals surface area contributed by atoms with Gasteiger partial charge in [0.2, 0.25) is 0 Å². The Hall–Kier alpha value is -1.89. The van der Waals surface area contributed by atoms with Gasteiger partial charge in [0, 0.05) is 5.69 Å². The molecule has 24 heavy (non-hydrogen) atoms. The van der Waals surface area contributed by atoms with Crippen LogP contribution in [0.15, 0.2) is 36.4 Å². The Morgan fingerprint density at radius 3 is 2.12 bits per heavy atom. The third kappa shape index (κ3) is 5.06. The second kappa shape index (κ2) is 8.28. The van der Waals surface area contributed by atoms with Gasteiger partial charge in [0.1, 0.15) is 0 Å². The van der Waals surface area contributed by atoms with E-state index in [4.69, 9.17) is 36.0 Å². The standard InChI is InChI=1S/C17H19ClN4S2/c1-10-8-12(3)15(13(18)9-10)20-17(24)22-21-16(23)19-14-7-5-4-6-11(14)2/h4-9H,1-3H3,(H2,19,21,23)(H2,20,22,24). The molecule has 0 fully saturated rings. The number of hydrogen-bond acceptors (Lipinski definition) is 2. The molecule has 2 aromatic carbocycles. The Kier molecular flexibility index (Phi) is 6.36. The highest BCUT2D eigenvalue weighted by molar-refractivity contribution is 7.81. The molecule has 2 rings (SSSR count). The molecule has 0 radical (unpaired) electrons. The van der Waals surface area contributed by atoms with E-state index in [-0.39, 0.29) is 0 Å². The molecule has 4 N–H and O–H groups in total. The highest BCUT2D eigenvalue weighted by atomic mass is 35.5. The average Bonchev–Trinajstić information content (AvgIpc) is 2.51. The van der Waals surface area contributed by atoms with Crippen LogP contribution in [-0.2, 0) is 0 Å². The molecule has 0 bridgehead atoms.